The van der Waals surface area contributed by atoms with E-state index in [-0.39, 0.29) is 16.3 Å². The van der Waals surface area contributed by atoms with Gasteiger partial charge in [0.05, 0.1) is 11.3 Å². The third kappa shape index (κ3) is 3.29. The third-order valence-corrected chi connectivity index (χ3v) is 4.14. The standard InChI is InChI=1S/C13H7ClF2N2O2S/c14-9-2-1-8(7-17)12(5-9)18-21(19,20)13-6-10(15)3-4-11(13)16/h1-6,18H. The van der Waals surface area contributed by atoms with Gasteiger partial charge in [-0.25, -0.2) is 17.2 Å². The molecule has 0 bridgehead atoms. The Kier molecular flexibility index (Phi) is 4.11. The zero-order chi connectivity index (χ0) is 15.6. The van der Waals surface area contributed by atoms with Gasteiger partial charge in [0.25, 0.3) is 10.0 Å². The highest BCUT2D eigenvalue weighted by atomic mass is 35.5. The van der Waals surface area contributed by atoms with Crippen LogP contribution in [0.3, 0.4) is 0 Å². The molecule has 0 aliphatic carbocycles. The summed E-state index contributed by atoms with van der Waals surface area (Å²) >= 11 is 5.73. The van der Waals surface area contributed by atoms with Gasteiger partial charge in [-0.15, -0.1) is 0 Å². The fourth-order valence-corrected chi connectivity index (χ4v) is 2.91. The summed E-state index contributed by atoms with van der Waals surface area (Å²) in [6, 6.07) is 7.74. The van der Waals surface area contributed by atoms with Crippen LogP contribution in [0.4, 0.5) is 14.5 Å². The second-order valence-electron chi connectivity index (χ2n) is 3.98. The number of nitrogens with one attached hydrogen (secondary N) is 1. The summed E-state index contributed by atoms with van der Waals surface area (Å²) in [5.74, 6) is -2.01. The van der Waals surface area contributed by atoms with Crippen LogP contribution in [0.25, 0.3) is 0 Å². The molecule has 0 radical (unpaired) electrons. The Morgan fingerprint density at radius 2 is 1.86 bits per heavy atom. The SMILES string of the molecule is N#Cc1ccc(Cl)cc1NS(=O)(=O)c1cc(F)ccc1F. The van der Waals surface area contributed by atoms with Crippen LogP contribution in [0.5, 0.6) is 0 Å². The highest BCUT2D eigenvalue weighted by Gasteiger charge is 2.21. The number of nitrogens with zero attached hydrogens (tertiary/aromatic N) is 1. The smallest absolute Gasteiger partial charge is 0.264 e. The topological polar surface area (TPSA) is 70.0 Å². The Hall–Kier alpha value is -2.17. The first kappa shape index (κ1) is 15.2. The van der Waals surface area contributed by atoms with Crippen LogP contribution in [-0.2, 0) is 10.0 Å². The molecule has 0 saturated heterocycles. The lowest BCUT2D eigenvalue weighted by Gasteiger charge is -2.10. The van der Waals surface area contributed by atoms with E-state index in [1.54, 1.807) is 6.07 Å². The Morgan fingerprint density at radius 1 is 1.14 bits per heavy atom. The molecule has 0 spiro atoms. The third-order valence-electron chi connectivity index (χ3n) is 2.53. The van der Waals surface area contributed by atoms with Gasteiger partial charge in [0.15, 0.2) is 0 Å². The first-order chi connectivity index (χ1) is 9.83. The molecule has 2 aromatic rings. The number of anilines is 1. The highest BCUT2D eigenvalue weighted by Crippen LogP contribution is 2.25. The molecule has 1 N–H and O–H groups in total. The van der Waals surface area contributed by atoms with Crippen molar-refractivity contribution < 1.29 is 17.2 Å². The summed E-state index contributed by atoms with van der Waals surface area (Å²) < 4.78 is 52.8. The summed E-state index contributed by atoms with van der Waals surface area (Å²) in [6.07, 6.45) is 0. The quantitative estimate of drug-likeness (QED) is 0.939. The van der Waals surface area contributed by atoms with Gasteiger partial charge < -0.3 is 0 Å². The predicted molar refractivity (Wildman–Crippen MR) is 73.3 cm³/mol. The molecule has 0 amide bonds. The van der Waals surface area contributed by atoms with E-state index in [4.69, 9.17) is 16.9 Å². The number of halogens is 3. The second-order valence-corrected chi connectivity index (χ2v) is 6.07. The number of nitriles is 1. The highest BCUT2D eigenvalue weighted by molar-refractivity contribution is 7.92. The minimum Gasteiger partial charge on any atom is -0.278 e. The molecule has 0 atom stereocenters. The molecule has 0 saturated carbocycles. The first-order valence-corrected chi connectivity index (χ1v) is 7.37. The number of rotatable bonds is 3. The minimum absolute atomic E-state index is 0.000198. The van der Waals surface area contributed by atoms with Crippen molar-refractivity contribution in [3.8, 4) is 6.07 Å². The molecule has 0 aliphatic rings. The maximum atomic E-state index is 13.6. The van der Waals surface area contributed by atoms with E-state index in [2.05, 4.69) is 0 Å². The minimum atomic E-state index is -4.39. The number of hydrogen-bond acceptors (Lipinski definition) is 3. The normalized spacial score (nSPS) is 11.0. The van der Waals surface area contributed by atoms with Crippen molar-refractivity contribution >= 4 is 27.3 Å². The largest absolute Gasteiger partial charge is 0.278 e. The maximum Gasteiger partial charge on any atom is 0.264 e. The van der Waals surface area contributed by atoms with Gasteiger partial charge in [0, 0.05) is 5.02 Å². The molecule has 2 rings (SSSR count). The molecule has 4 nitrogen and oxygen atoms in total. The van der Waals surface area contributed by atoms with E-state index in [9.17, 15) is 17.2 Å². The van der Waals surface area contributed by atoms with Gasteiger partial charge in [-0.05, 0) is 36.4 Å². The summed E-state index contributed by atoms with van der Waals surface area (Å²) in [4.78, 5) is -0.855. The van der Waals surface area contributed by atoms with Crippen molar-refractivity contribution in [2.45, 2.75) is 4.90 Å². The Morgan fingerprint density at radius 3 is 2.52 bits per heavy atom. The molecule has 8 heteroatoms. The van der Waals surface area contributed by atoms with E-state index >= 15 is 0 Å². The number of hydrogen-bond donors (Lipinski definition) is 1. The Bertz CT molecular complexity index is 848. The van der Waals surface area contributed by atoms with E-state index in [1.807, 2.05) is 4.72 Å². The molecule has 0 fully saturated rings. The zero-order valence-electron chi connectivity index (χ0n) is 10.3. The van der Waals surface area contributed by atoms with E-state index < -0.39 is 26.6 Å². The van der Waals surface area contributed by atoms with Crippen molar-refractivity contribution in [3.63, 3.8) is 0 Å². The van der Waals surface area contributed by atoms with Crippen molar-refractivity contribution in [2.75, 3.05) is 4.72 Å². The summed E-state index contributed by atoms with van der Waals surface area (Å²) in [6.45, 7) is 0. The van der Waals surface area contributed by atoms with Gasteiger partial charge in [-0.3, -0.25) is 4.72 Å². The molecule has 0 aromatic heterocycles. The van der Waals surface area contributed by atoms with E-state index in [0.717, 1.165) is 6.07 Å². The van der Waals surface area contributed by atoms with E-state index in [0.29, 0.717) is 12.1 Å². The maximum absolute atomic E-state index is 13.6. The predicted octanol–water partition coefficient (Wildman–Crippen LogP) is 3.29. The summed E-state index contributed by atoms with van der Waals surface area (Å²) in [5.41, 5.74) is -0.117. The first-order valence-electron chi connectivity index (χ1n) is 5.51. The van der Waals surface area contributed by atoms with E-state index in [1.165, 1.54) is 18.2 Å². The lowest BCUT2D eigenvalue weighted by atomic mass is 10.2. The van der Waals surface area contributed by atoms with Crippen LogP contribution in [0.2, 0.25) is 5.02 Å². The van der Waals surface area contributed by atoms with Crippen LogP contribution >= 0.6 is 11.6 Å². The molecular weight excluding hydrogens is 322 g/mol. The lowest BCUT2D eigenvalue weighted by Crippen LogP contribution is -2.15. The number of sulfonamides is 1. The summed E-state index contributed by atoms with van der Waals surface area (Å²) in [7, 11) is -4.39. The van der Waals surface area contributed by atoms with Crippen LogP contribution < -0.4 is 4.72 Å². The zero-order valence-corrected chi connectivity index (χ0v) is 11.8. The molecule has 21 heavy (non-hydrogen) atoms. The number of benzene rings is 2. The molecular formula is C13H7ClF2N2O2S. The van der Waals surface area contributed by atoms with Crippen LogP contribution in [0, 0.1) is 23.0 Å². The summed E-state index contributed by atoms with van der Waals surface area (Å²) in [5, 5.41) is 9.10. The molecule has 0 aliphatic heterocycles. The van der Waals surface area contributed by atoms with Crippen molar-refractivity contribution in [2.24, 2.45) is 0 Å². The average Bonchev–Trinajstić information content (AvgIpc) is 2.41. The average molecular weight is 329 g/mol. The van der Waals surface area contributed by atoms with Crippen LogP contribution in [-0.4, -0.2) is 8.42 Å². The van der Waals surface area contributed by atoms with Crippen LogP contribution in [0.1, 0.15) is 5.56 Å². The second kappa shape index (κ2) is 5.68. The molecule has 0 heterocycles. The lowest BCUT2D eigenvalue weighted by molar-refractivity contribution is 0.555. The van der Waals surface area contributed by atoms with Gasteiger partial charge in [-0.2, -0.15) is 5.26 Å². The fourth-order valence-electron chi connectivity index (χ4n) is 1.58. The van der Waals surface area contributed by atoms with Gasteiger partial charge in [-0.1, -0.05) is 11.6 Å². The Labute approximate surface area is 124 Å². The molecule has 108 valence electrons. The van der Waals surface area contributed by atoms with Crippen molar-refractivity contribution in [1.82, 2.24) is 0 Å². The monoisotopic (exact) mass is 328 g/mol. The Balaban J connectivity index is 2.50. The van der Waals surface area contributed by atoms with Gasteiger partial charge in [0.2, 0.25) is 0 Å². The van der Waals surface area contributed by atoms with Crippen LogP contribution in [0.15, 0.2) is 41.3 Å². The van der Waals surface area contributed by atoms with Crippen molar-refractivity contribution in [1.29, 1.82) is 5.26 Å². The van der Waals surface area contributed by atoms with Crippen molar-refractivity contribution in [3.05, 3.63) is 58.6 Å². The van der Waals surface area contributed by atoms with Gasteiger partial charge in [0.1, 0.15) is 22.6 Å². The van der Waals surface area contributed by atoms with Gasteiger partial charge >= 0.3 is 0 Å². The molecule has 0 unspecified atom stereocenters. The molecule has 2 aromatic carbocycles. The fraction of sp³-hybridized carbons (Fsp3) is 0.